The van der Waals surface area contributed by atoms with E-state index < -0.39 is 0 Å². The molecule has 1 aromatic rings. The van der Waals surface area contributed by atoms with Gasteiger partial charge in [-0.15, -0.1) is 0 Å². The van der Waals surface area contributed by atoms with Gasteiger partial charge in [0.2, 0.25) is 0 Å². The SMILES string of the molecule is CNCC(c1cccc(C)c1)C1CCCCCC1. The van der Waals surface area contributed by atoms with Crippen LogP contribution in [0.2, 0.25) is 0 Å². The molecular weight excluding hydrogens is 218 g/mol. The molecule has 0 heterocycles. The smallest absolute Gasteiger partial charge is 0.00198 e. The molecule has 1 fully saturated rings. The van der Waals surface area contributed by atoms with E-state index in [2.05, 4.69) is 43.6 Å². The van der Waals surface area contributed by atoms with E-state index in [0.29, 0.717) is 5.92 Å². The number of benzene rings is 1. The van der Waals surface area contributed by atoms with E-state index in [1.807, 2.05) is 0 Å². The lowest BCUT2D eigenvalue weighted by Gasteiger charge is -2.27. The fourth-order valence-electron chi connectivity index (χ4n) is 3.39. The Hall–Kier alpha value is -0.820. The molecule has 0 aromatic heterocycles. The molecule has 1 aliphatic carbocycles. The van der Waals surface area contributed by atoms with Crippen LogP contribution in [0.3, 0.4) is 0 Å². The summed E-state index contributed by atoms with van der Waals surface area (Å²) in [5.74, 6) is 1.58. The highest BCUT2D eigenvalue weighted by atomic mass is 14.8. The first kappa shape index (κ1) is 13.6. The molecule has 0 aliphatic heterocycles. The summed E-state index contributed by atoms with van der Waals surface area (Å²) in [7, 11) is 2.08. The van der Waals surface area contributed by atoms with Crippen molar-refractivity contribution in [3.05, 3.63) is 35.4 Å². The molecule has 0 radical (unpaired) electrons. The van der Waals surface area contributed by atoms with Crippen LogP contribution in [0.5, 0.6) is 0 Å². The first-order valence-electron chi connectivity index (χ1n) is 7.52. The summed E-state index contributed by atoms with van der Waals surface area (Å²) in [6.45, 7) is 3.32. The summed E-state index contributed by atoms with van der Waals surface area (Å²) in [4.78, 5) is 0. The Kier molecular flexibility index (Phi) is 5.25. The van der Waals surface area contributed by atoms with Crippen LogP contribution in [-0.4, -0.2) is 13.6 Å². The van der Waals surface area contributed by atoms with Gasteiger partial charge in [0.15, 0.2) is 0 Å². The molecule has 2 rings (SSSR count). The highest BCUT2D eigenvalue weighted by Gasteiger charge is 2.23. The minimum atomic E-state index is 0.702. The Morgan fingerprint density at radius 2 is 1.89 bits per heavy atom. The van der Waals surface area contributed by atoms with Crippen molar-refractivity contribution in [3.63, 3.8) is 0 Å². The first-order chi connectivity index (χ1) is 8.81. The lowest BCUT2D eigenvalue weighted by Crippen LogP contribution is -2.24. The molecule has 18 heavy (non-hydrogen) atoms. The third-order valence-electron chi connectivity index (χ3n) is 4.36. The largest absolute Gasteiger partial charge is 0.319 e. The number of hydrogen-bond acceptors (Lipinski definition) is 1. The Bertz CT molecular complexity index is 350. The van der Waals surface area contributed by atoms with Crippen molar-refractivity contribution in [1.29, 1.82) is 0 Å². The van der Waals surface area contributed by atoms with Crippen LogP contribution in [0.25, 0.3) is 0 Å². The zero-order chi connectivity index (χ0) is 12.8. The van der Waals surface area contributed by atoms with Gasteiger partial charge < -0.3 is 5.32 Å². The highest BCUT2D eigenvalue weighted by Crippen LogP contribution is 2.35. The van der Waals surface area contributed by atoms with Crippen molar-refractivity contribution in [3.8, 4) is 0 Å². The zero-order valence-corrected chi connectivity index (χ0v) is 11.9. The lowest BCUT2D eigenvalue weighted by molar-refractivity contribution is 0.367. The number of rotatable bonds is 4. The molecule has 1 atom stereocenters. The maximum atomic E-state index is 3.40. The highest BCUT2D eigenvalue weighted by molar-refractivity contribution is 5.26. The van der Waals surface area contributed by atoms with Gasteiger partial charge in [-0.25, -0.2) is 0 Å². The average molecular weight is 245 g/mol. The summed E-state index contributed by atoms with van der Waals surface area (Å²) < 4.78 is 0. The third-order valence-corrected chi connectivity index (χ3v) is 4.36. The van der Waals surface area contributed by atoms with E-state index >= 15 is 0 Å². The van der Waals surface area contributed by atoms with Gasteiger partial charge in [-0.2, -0.15) is 0 Å². The van der Waals surface area contributed by atoms with Crippen LogP contribution in [0.1, 0.15) is 55.6 Å². The second-order valence-corrected chi connectivity index (χ2v) is 5.83. The normalized spacial score (nSPS) is 19.4. The molecule has 1 aliphatic rings. The van der Waals surface area contributed by atoms with Crippen LogP contribution in [0.15, 0.2) is 24.3 Å². The molecule has 1 heteroatoms. The summed E-state index contributed by atoms with van der Waals surface area (Å²) in [5, 5.41) is 3.40. The van der Waals surface area contributed by atoms with E-state index in [-0.39, 0.29) is 0 Å². The maximum Gasteiger partial charge on any atom is 0.00198 e. The number of nitrogens with one attached hydrogen (secondary N) is 1. The van der Waals surface area contributed by atoms with Crippen LogP contribution in [0, 0.1) is 12.8 Å². The van der Waals surface area contributed by atoms with Gasteiger partial charge in [0, 0.05) is 6.54 Å². The molecule has 1 aromatic carbocycles. The van der Waals surface area contributed by atoms with E-state index in [0.717, 1.165) is 12.5 Å². The monoisotopic (exact) mass is 245 g/mol. The molecular formula is C17H27N. The molecule has 1 saturated carbocycles. The van der Waals surface area contributed by atoms with Gasteiger partial charge in [-0.1, -0.05) is 55.5 Å². The molecule has 1 nitrogen and oxygen atoms in total. The van der Waals surface area contributed by atoms with Gasteiger partial charge in [0.25, 0.3) is 0 Å². The summed E-state index contributed by atoms with van der Waals surface area (Å²) >= 11 is 0. The van der Waals surface area contributed by atoms with E-state index in [9.17, 15) is 0 Å². The summed E-state index contributed by atoms with van der Waals surface area (Å²) in [6.07, 6.45) is 8.57. The Balaban J connectivity index is 2.15. The van der Waals surface area contributed by atoms with Crippen LogP contribution < -0.4 is 5.32 Å². The molecule has 0 bridgehead atoms. The van der Waals surface area contributed by atoms with Gasteiger partial charge in [0.1, 0.15) is 0 Å². The minimum Gasteiger partial charge on any atom is -0.319 e. The summed E-state index contributed by atoms with van der Waals surface area (Å²) in [6, 6.07) is 9.11. The summed E-state index contributed by atoms with van der Waals surface area (Å²) in [5.41, 5.74) is 2.93. The van der Waals surface area contributed by atoms with Crippen molar-refractivity contribution >= 4 is 0 Å². The topological polar surface area (TPSA) is 12.0 Å². The quantitative estimate of drug-likeness (QED) is 0.781. The van der Waals surface area contributed by atoms with E-state index in [4.69, 9.17) is 0 Å². The van der Waals surface area contributed by atoms with Crippen LogP contribution in [0.4, 0.5) is 0 Å². The van der Waals surface area contributed by atoms with Gasteiger partial charge in [0.05, 0.1) is 0 Å². The number of aryl methyl sites for hydroxylation is 1. The second-order valence-electron chi connectivity index (χ2n) is 5.83. The number of hydrogen-bond donors (Lipinski definition) is 1. The van der Waals surface area contributed by atoms with Crippen LogP contribution >= 0.6 is 0 Å². The van der Waals surface area contributed by atoms with Crippen molar-refractivity contribution in [2.24, 2.45) is 5.92 Å². The second kappa shape index (κ2) is 6.94. The zero-order valence-electron chi connectivity index (χ0n) is 11.9. The van der Waals surface area contributed by atoms with Crippen molar-refractivity contribution < 1.29 is 0 Å². The van der Waals surface area contributed by atoms with Crippen molar-refractivity contribution in [2.45, 2.75) is 51.4 Å². The van der Waals surface area contributed by atoms with E-state index in [1.54, 1.807) is 0 Å². The first-order valence-corrected chi connectivity index (χ1v) is 7.52. The molecule has 0 spiro atoms. The third kappa shape index (κ3) is 3.58. The standard InChI is InChI=1S/C17H27N/c1-14-8-7-11-16(12-14)17(13-18-2)15-9-5-3-4-6-10-15/h7-8,11-12,15,17-18H,3-6,9-10,13H2,1-2H3. The van der Waals surface area contributed by atoms with Crippen molar-refractivity contribution in [1.82, 2.24) is 5.32 Å². The fourth-order valence-corrected chi connectivity index (χ4v) is 3.39. The van der Waals surface area contributed by atoms with Gasteiger partial charge in [-0.05, 0) is 44.2 Å². The predicted molar refractivity (Wildman–Crippen MR) is 79.0 cm³/mol. The molecule has 0 saturated heterocycles. The fraction of sp³-hybridized carbons (Fsp3) is 0.647. The van der Waals surface area contributed by atoms with Gasteiger partial charge >= 0.3 is 0 Å². The van der Waals surface area contributed by atoms with Crippen molar-refractivity contribution in [2.75, 3.05) is 13.6 Å². The van der Waals surface area contributed by atoms with Crippen LogP contribution in [-0.2, 0) is 0 Å². The Labute approximate surface area is 112 Å². The molecule has 100 valence electrons. The average Bonchev–Trinajstić information content (AvgIpc) is 2.64. The number of likely N-dealkylation sites (N-methyl/N-ethyl adjacent to an activating group) is 1. The maximum absolute atomic E-state index is 3.40. The van der Waals surface area contributed by atoms with Gasteiger partial charge in [-0.3, -0.25) is 0 Å². The van der Waals surface area contributed by atoms with E-state index in [1.165, 1.54) is 49.7 Å². The molecule has 1 N–H and O–H groups in total. The molecule has 1 unspecified atom stereocenters. The Morgan fingerprint density at radius 3 is 2.50 bits per heavy atom. The Morgan fingerprint density at radius 1 is 1.17 bits per heavy atom. The minimum absolute atomic E-state index is 0.702. The lowest BCUT2D eigenvalue weighted by atomic mass is 9.81. The molecule has 0 amide bonds. The predicted octanol–water partition coefficient (Wildman–Crippen LogP) is 4.27.